The van der Waals surface area contributed by atoms with Crippen molar-refractivity contribution in [3.05, 3.63) is 59.2 Å². The topological polar surface area (TPSA) is 81.7 Å². The lowest BCUT2D eigenvalue weighted by Crippen LogP contribution is -2.49. The van der Waals surface area contributed by atoms with Crippen LogP contribution in [-0.2, 0) is 37.0 Å². The van der Waals surface area contributed by atoms with Gasteiger partial charge in [-0.15, -0.1) is 0 Å². The molecule has 2 aromatic carbocycles. The van der Waals surface area contributed by atoms with Gasteiger partial charge in [0.2, 0.25) is 5.91 Å². The lowest BCUT2D eigenvalue weighted by molar-refractivity contribution is -0.131. The van der Waals surface area contributed by atoms with E-state index in [0.29, 0.717) is 46.0 Å². The zero-order valence-electron chi connectivity index (χ0n) is 28.1. The summed E-state index contributed by atoms with van der Waals surface area (Å²) in [5.74, 6) is 1.30. The summed E-state index contributed by atoms with van der Waals surface area (Å²) in [7, 11) is 1.75. The molecule has 250 valence electrons. The van der Waals surface area contributed by atoms with Gasteiger partial charge in [-0.1, -0.05) is 30.3 Å². The van der Waals surface area contributed by atoms with Gasteiger partial charge in [0, 0.05) is 64.9 Å². The monoisotopic (exact) mass is 625 g/mol. The maximum atomic E-state index is 13.0. The summed E-state index contributed by atoms with van der Waals surface area (Å²) in [6.45, 7) is 15.8. The van der Waals surface area contributed by atoms with Crippen LogP contribution in [0.15, 0.2) is 42.5 Å². The van der Waals surface area contributed by atoms with Crippen molar-refractivity contribution in [1.29, 1.82) is 0 Å². The lowest BCUT2D eigenvalue weighted by atomic mass is 9.83. The van der Waals surface area contributed by atoms with E-state index in [1.807, 2.05) is 32.6 Å². The molecule has 1 unspecified atom stereocenters. The van der Waals surface area contributed by atoms with E-state index in [9.17, 15) is 4.79 Å². The number of carbonyl (C=O) groups is 1. The number of ether oxygens (including phenoxy) is 5. The van der Waals surface area contributed by atoms with Crippen molar-refractivity contribution in [3.8, 4) is 5.75 Å². The minimum Gasteiger partial charge on any atom is -0.490 e. The zero-order chi connectivity index (χ0) is 32.0. The average Bonchev–Trinajstić information content (AvgIpc) is 3.05. The molecule has 9 heteroatoms. The van der Waals surface area contributed by atoms with Gasteiger partial charge < -0.3 is 38.8 Å². The maximum Gasteiger partial charge on any atom is 0.224 e. The second kappa shape index (κ2) is 18.5. The number of hydrogen-bond acceptors (Lipinski definition) is 8. The molecule has 4 atom stereocenters. The van der Waals surface area contributed by atoms with E-state index in [-0.39, 0.29) is 30.1 Å². The Morgan fingerprint density at radius 2 is 1.87 bits per heavy atom. The Morgan fingerprint density at radius 3 is 2.60 bits per heavy atom. The predicted octanol–water partition coefficient (Wildman–Crippen LogP) is 5.15. The maximum absolute atomic E-state index is 13.0. The van der Waals surface area contributed by atoms with E-state index in [1.165, 1.54) is 5.56 Å². The van der Waals surface area contributed by atoms with Crippen LogP contribution in [0.2, 0.25) is 0 Å². The highest BCUT2D eigenvalue weighted by atomic mass is 16.5. The largest absolute Gasteiger partial charge is 0.490 e. The molecule has 1 saturated heterocycles. The Kier molecular flexibility index (Phi) is 14.4. The van der Waals surface area contributed by atoms with E-state index < -0.39 is 0 Å². The summed E-state index contributed by atoms with van der Waals surface area (Å²) in [6.07, 6.45) is 2.37. The molecule has 0 saturated carbocycles. The van der Waals surface area contributed by atoms with E-state index in [0.717, 1.165) is 68.2 Å². The quantitative estimate of drug-likeness (QED) is 0.228. The van der Waals surface area contributed by atoms with Crippen LogP contribution < -0.4 is 15.0 Å². The molecule has 1 fully saturated rings. The van der Waals surface area contributed by atoms with Crippen LogP contribution in [-0.4, -0.2) is 95.3 Å². The highest BCUT2D eigenvalue weighted by Crippen LogP contribution is 2.35. The summed E-state index contributed by atoms with van der Waals surface area (Å²) in [6, 6.07) is 15.2. The van der Waals surface area contributed by atoms with Crippen LogP contribution in [0.3, 0.4) is 0 Å². The minimum absolute atomic E-state index is 0.0240. The number of fused-ring (bicyclic) bond motifs is 1. The molecule has 2 aliphatic rings. The number of methoxy groups -OCH3 is 1. The van der Waals surface area contributed by atoms with Crippen LogP contribution >= 0.6 is 0 Å². The van der Waals surface area contributed by atoms with Crippen molar-refractivity contribution in [2.24, 2.45) is 0 Å². The number of nitrogens with one attached hydrogen (secondary N) is 1. The third-order valence-electron chi connectivity index (χ3n) is 8.84. The highest BCUT2D eigenvalue weighted by molar-refractivity contribution is 5.76. The smallest absolute Gasteiger partial charge is 0.224 e. The summed E-state index contributed by atoms with van der Waals surface area (Å²) in [4.78, 5) is 17.3. The van der Waals surface area contributed by atoms with Crippen molar-refractivity contribution in [2.75, 3.05) is 71.2 Å². The van der Waals surface area contributed by atoms with Gasteiger partial charge in [-0.05, 0) is 69.4 Å². The molecule has 0 aliphatic carbocycles. The Morgan fingerprint density at radius 1 is 1.09 bits per heavy atom. The molecular formula is C36H55N3O6. The molecule has 0 bridgehead atoms. The Labute approximate surface area is 270 Å². The Balaban J connectivity index is 1.44. The van der Waals surface area contributed by atoms with Crippen LogP contribution in [0.4, 0.5) is 5.69 Å². The van der Waals surface area contributed by atoms with Gasteiger partial charge in [-0.25, -0.2) is 0 Å². The number of carbonyl (C=O) groups excluding carboxylic acids is 1. The van der Waals surface area contributed by atoms with Crippen molar-refractivity contribution in [3.63, 3.8) is 0 Å². The first-order chi connectivity index (χ1) is 21.9. The van der Waals surface area contributed by atoms with Crippen LogP contribution in [0.5, 0.6) is 5.75 Å². The van der Waals surface area contributed by atoms with Gasteiger partial charge in [-0.2, -0.15) is 0 Å². The summed E-state index contributed by atoms with van der Waals surface area (Å²) < 4.78 is 29.4. The van der Waals surface area contributed by atoms with Crippen molar-refractivity contribution < 1.29 is 28.5 Å². The molecule has 2 aliphatic heterocycles. The zero-order valence-corrected chi connectivity index (χ0v) is 28.1. The van der Waals surface area contributed by atoms with Gasteiger partial charge in [0.25, 0.3) is 0 Å². The fourth-order valence-electron chi connectivity index (χ4n) is 6.34. The van der Waals surface area contributed by atoms with Crippen LogP contribution in [0.1, 0.15) is 69.6 Å². The van der Waals surface area contributed by atoms with E-state index in [2.05, 4.69) is 52.7 Å². The molecule has 1 amide bonds. The number of nitrogens with zero attached hydrogens (tertiary/aromatic N) is 2. The van der Waals surface area contributed by atoms with Crippen molar-refractivity contribution >= 4 is 11.6 Å². The number of piperidine rings is 1. The molecule has 2 heterocycles. The lowest BCUT2D eigenvalue weighted by Gasteiger charge is -2.38. The predicted molar refractivity (Wildman–Crippen MR) is 178 cm³/mol. The van der Waals surface area contributed by atoms with Crippen molar-refractivity contribution in [1.82, 2.24) is 10.2 Å². The van der Waals surface area contributed by atoms with Gasteiger partial charge in [0.1, 0.15) is 12.4 Å². The van der Waals surface area contributed by atoms with Gasteiger partial charge >= 0.3 is 0 Å². The van der Waals surface area contributed by atoms with E-state index in [4.69, 9.17) is 23.7 Å². The Hall–Kier alpha value is -2.69. The fraction of sp³-hybridized carbons (Fsp3) is 0.639. The molecule has 45 heavy (non-hydrogen) atoms. The molecule has 9 nitrogen and oxygen atoms in total. The summed E-state index contributed by atoms with van der Waals surface area (Å²) >= 11 is 0. The fourth-order valence-corrected chi connectivity index (χ4v) is 6.34. The van der Waals surface area contributed by atoms with E-state index in [1.54, 1.807) is 7.11 Å². The van der Waals surface area contributed by atoms with E-state index >= 15 is 0 Å². The number of rotatable bonds is 18. The number of benzene rings is 2. The standard InChI is InChI=1S/C36H55N3O6/c1-6-38(7-2)36(40)22-31-21-32(30-13-10-28(11-14-30)25-42-24-27(4)43-8-3)35(23-37-31)45-26-29-12-15-34-33(20-29)39(17-19-44-34)16-9-18-41-5/h10-15,20,27,31-32,35,37H,6-9,16-19,21-26H2,1-5H3/t27-,31?,32-,35+/m1/s1. The van der Waals surface area contributed by atoms with Gasteiger partial charge in [0.05, 0.1) is 44.3 Å². The summed E-state index contributed by atoms with van der Waals surface area (Å²) in [5.41, 5.74) is 4.62. The molecule has 0 spiro atoms. The number of anilines is 1. The van der Waals surface area contributed by atoms with Crippen LogP contribution in [0.25, 0.3) is 0 Å². The SMILES string of the molecule is CCO[C@H](C)COCc1ccc([C@H]2CC(CC(=O)N(CC)CC)NC[C@@H]2OCc2ccc3c(c2)N(CCCOC)CCO3)cc1. The minimum atomic E-state index is -0.0240. The molecule has 0 aromatic heterocycles. The number of hydrogen-bond donors (Lipinski definition) is 1. The normalized spacial score (nSPS) is 20.4. The third kappa shape index (κ3) is 10.4. The average molecular weight is 626 g/mol. The molecule has 0 radical (unpaired) electrons. The summed E-state index contributed by atoms with van der Waals surface area (Å²) in [5, 5.41) is 3.64. The Bertz CT molecular complexity index is 1160. The van der Waals surface area contributed by atoms with Crippen molar-refractivity contribution in [2.45, 2.75) is 84.3 Å². The number of amides is 1. The molecule has 2 aromatic rings. The third-order valence-corrected chi connectivity index (χ3v) is 8.84. The van der Waals surface area contributed by atoms with Gasteiger partial charge in [-0.3, -0.25) is 4.79 Å². The first-order valence-electron chi connectivity index (χ1n) is 16.9. The highest BCUT2D eigenvalue weighted by Gasteiger charge is 2.33. The van der Waals surface area contributed by atoms with Crippen LogP contribution in [0, 0.1) is 0 Å². The second-order valence-electron chi connectivity index (χ2n) is 12.1. The first kappa shape index (κ1) is 35.2. The van der Waals surface area contributed by atoms with Gasteiger partial charge in [0.15, 0.2) is 0 Å². The second-order valence-corrected chi connectivity index (χ2v) is 12.1. The molecule has 1 N–H and O–H groups in total. The first-order valence-corrected chi connectivity index (χ1v) is 16.9. The molecule has 4 rings (SSSR count). The molecular weight excluding hydrogens is 570 g/mol.